The van der Waals surface area contributed by atoms with Crippen LogP contribution >= 0.6 is 0 Å². The zero-order chi connectivity index (χ0) is 11.0. The lowest BCUT2D eigenvalue weighted by Gasteiger charge is -2.03. The Bertz CT molecular complexity index is 505. The third-order valence-corrected chi connectivity index (χ3v) is 2.09. The molecule has 0 aliphatic rings. The maximum absolute atomic E-state index is 13.5. The molecule has 2 aromatic rings. The quantitative estimate of drug-likeness (QED) is 0.674. The first kappa shape index (κ1) is 9.45. The number of aryl methyl sites for hydroxylation is 1. The highest BCUT2D eigenvalue weighted by Crippen LogP contribution is 2.21. The number of halogens is 1. The zero-order valence-electron chi connectivity index (χ0n) is 8.11. The van der Waals surface area contributed by atoms with Crippen molar-refractivity contribution in [2.45, 2.75) is 6.92 Å². The van der Waals surface area contributed by atoms with Crippen LogP contribution in [-0.2, 0) is 0 Å². The van der Waals surface area contributed by atoms with Crippen LogP contribution in [0.1, 0.15) is 5.56 Å². The summed E-state index contributed by atoms with van der Waals surface area (Å²) in [5.41, 5.74) is 6.51. The predicted octanol–water partition coefficient (Wildman–Crippen LogP) is 0.689. The van der Waals surface area contributed by atoms with Gasteiger partial charge in [0.1, 0.15) is 5.82 Å². The summed E-state index contributed by atoms with van der Waals surface area (Å²) in [5.74, 6) is 5.41. The predicted molar refractivity (Wildman–Crippen MR) is 54.7 cm³/mol. The summed E-state index contributed by atoms with van der Waals surface area (Å²) < 4.78 is 14.6. The lowest BCUT2D eigenvalue weighted by atomic mass is 10.1. The number of nitrogen functional groups attached to an aromatic ring is 2. The Kier molecular flexibility index (Phi) is 2.03. The van der Waals surface area contributed by atoms with E-state index in [0.717, 1.165) is 10.2 Å². The fraction of sp³-hybridized carbons (Fsp3) is 0.111. The summed E-state index contributed by atoms with van der Waals surface area (Å²) in [6.07, 6.45) is 0. The van der Waals surface area contributed by atoms with Crippen LogP contribution < -0.4 is 11.6 Å². The monoisotopic (exact) mass is 207 g/mol. The van der Waals surface area contributed by atoms with Crippen molar-refractivity contribution in [3.05, 3.63) is 29.6 Å². The van der Waals surface area contributed by atoms with Gasteiger partial charge in [0, 0.05) is 0 Å². The summed E-state index contributed by atoms with van der Waals surface area (Å²) in [5, 5.41) is 7.25. The van der Waals surface area contributed by atoms with Crippen molar-refractivity contribution in [3.8, 4) is 11.4 Å². The lowest BCUT2D eigenvalue weighted by molar-refractivity contribution is 0.628. The van der Waals surface area contributed by atoms with Gasteiger partial charge in [-0.15, -0.1) is 10.2 Å². The number of anilines is 1. The minimum absolute atomic E-state index is 0.0463. The van der Waals surface area contributed by atoms with E-state index in [1.165, 1.54) is 6.07 Å². The molecule has 6 heteroatoms. The van der Waals surface area contributed by atoms with E-state index in [1.54, 1.807) is 19.1 Å². The molecule has 1 heterocycles. The molecular formula is C9H10FN5. The maximum atomic E-state index is 13.5. The van der Waals surface area contributed by atoms with Crippen LogP contribution in [-0.4, -0.2) is 14.9 Å². The number of benzene rings is 1. The van der Waals surface area contributed by atoms with Crippen LogP contribution in [0.25, 0.3) is 11.4 Å². The van der Waals surface area contributed by atoms with E-state index in [1.807, 2.05) is 0 Å². The van der Waals surface area contributed by atoms with Gasteiger partial charge in [0.2, 0.25) is 5.95 Å². The van der Waals surface area contributed by atoms with Crippen LogP contribution in [0.15, 0.2) is 18.2 Å². The Morgan fingerprint density at radius 1 is 1.33 bits per heavy atom. The average molecular weight is 207 g/mol. The standard InChI is InChI=1S/C9H10FN5/c1-5-2-3-6(7(10)4-5)8-13-14-9(11)15(8)12/h2-4H,12H2,1H3,(H2,11,14). The van der Waals surface area contributed by atoms with Gasteiger partial charge in [-0.3, -0.25) is 0 Å². The third-order valence-electron chi connectivity index (χ3n) is 2.09. The SMILES string of the molecule is Cc1ccc(-c2nnc(N)n2N)c(F)c1. The Labute approximate surface area is 85.5 Å². The highest BCUT2D eigenvalue weighted by atomic mass is 19.1. The molecule has 0 atom stereocenters. The molecule has 0 amide bonds. The van der Waals surface area contributed by atoms with E-state index in [2.05, 4.69) is 10.2 Å². The van der Waals surface area contributed by atoms with Crippen molar-refractivity contribution in [1.29, 1.82) is 0 Å². The normalized spacial score (nSPS) is 10.5. The summed E-state index contributed by atoms with van der Waals surface area (Å²) in [4.78, 5) is 0. The van der Waals surface area contributed by atoms with Crippen LogP contribution in [0.3, 0.4) is 0 Å². The van der Waals surface area contributed by atoms with Gasteiger partial charge in [-0.1, -0.05) is 6.07 Å². The van der Waals surface area contributed by atoms with Gasteiger partial charge >= 0.3 is 0 Å². The van der Waals surface area contributed by atoms with Crippen molar-refractivity contribution in [2.24, 2.45) is 0 Å². The molecule has 0 unspecified atom stereocenters. The first-order valence-electron chi connectivity index (χ1n) is 4.32. The molecule has 0 fully saturated rings. The van der Waals surface area contributed by atoms with Crippen molar-refractivity contribution in [1.82, 2.24) is 14.9 Å². The van der Waals surface area contributed by atoms with Crippen LogP contribution in [0.2, 0.25) is 0 Å². The van der Waals surface area contributed by atoms with Gasteiger partial charge in [0.25, 0.3) is 0 Å². The molecule has 0 saturated heterocycles. The molecule has 2 rings (SSSR count). The second-order valence-electron chi connectivity index (χ2n) is 3.24. The van der Waals surface area contributed by atoms with E-state index in [4.69, 9.17) is 11.6 Å². The number of nitrogens with zero attached hydrogens (tertiary/aromatic N) is 3. The van der Waals surface area contributed by atoms with Gasteiger partial charge in [0.05, 0.1) is 5.56 Å². The number of aromatic nitrogens is 3. The molecule has 0 spiro atoms. The summed E-state index contributed by atoms with van der Waals surface area (Å²) in [6.45, 7) is 1.80. The zero-order valence-corrected chi connectivity index (χ0v) is 8.11. The Morgan fingerprint density at radius 2 is 2.07 bits per heavy atom. The largest absolute Gasteiger partial charge is 0.366 e. The van der Waals surface area contributed by atoms with Crippen molar-refractivity contribution in [2.75, 3.05) is 11.6 Å². The van der Waals surface area contributed by atoms with E-state index in [9.17, 15) is 4.39 Å². The highest BCUT2D eigenvalue weighted by Gasteiger charge is 2.13. The second kappa shape index (κ2) is 3.23. The van der Waals surface area contributed by atoms with Gasteiger partial charge in [0.15, 0.2) is 5.82 Å². The first-order chi connectivity index (χ1) is 7.09. The van der Waals surface area contributed by atoms with Crippen LogP contribution in [0, 0.1) is 12.7 Å². The molecule has 5 nitrogen and oxygen atoms in total. The summed E-state index contributed by atoms with van der Waals surface area (Å²) >= 11 is 0. The molecular weight excluding hydrogens is 197 g/mol. The topological polar surface area (TPSA) is 82.8 Å². The molecule has 4 N–H and O–H groups in total. The number of hydrogen-bond acceptors (Lipinski definition) is 4. The molecule has 0 radical (unpaired) electrons. The van der Waals surface area contributed by atoms with E-state index in [-0.39, 0.29) is 17.3 Å². The fourth-order valence-corrected chi connectivity index (χ4v) is 1.29. The second-order valence-corrected chi connectivity index (χ2v) is 3.24. The minimum atomic E-state index is -0.394. The minimum Gasteiger partial charge on any atom is -0.366 e. The van der Waals surface area contributed by atoms with Crippen molar-refractivity contribution >= 4 is 5.95 Å². The van der Waals surface area contributed by atoms with E-state index >= 15 is 0 Å². The van der Waals surface area contributed by atoms with Crippen LogP contribution in [0.4, 0.5) is 10.3 Å². The molecule has 0 aliphatic carbocycles. The smallest absolute Gasteiger partial charge is 0.241 e. The van der Waals surface area contributed by atoms with Gasteiger partial charge in [-0.2, -0.15) is 0 Å². The number of hydrogen-bond donors (Lipinski definition) is 2. The summed E-state index contributed by atoms with van der Waals surface area (Å²) in [6, 6.07) is 4.76. The molecule has 78 valence electrons. The maximum Gasteiger partial charge on any atom is 0.241 e. The Morgan fingerprint density at radius 3 is 2.60 bits per heavy atom. The Balaban J connectivity index is 2.59. The van der Waals surface area contributed by atoms with Crippen molar-refractivity contribution in [3.63, 3.8) is 0 Å². The lowest BCUT2D eigenvalue weighted by Crippen LogP contribution is -2.13. The number of nitrogens with two attached hydrogens (primary N) is 2. The molecule has 0 saturated carbocycles. The average Bonchev–Trinajstić information content (AvgIpc) is 2.49. The Hall–Kier alpha value is -2.11. The third kappa shape index (κ3) is 1.50. The molecule has 1 aromatic carbocycles. The van der Waals surface area contributed by atoms with Crippen molar-refractivity contribution < 1.29 is 4.39 Å². The van der Waals surface area contributed by atoms with Gasteiger partial charge in [-0.25, -0.2) is 9.07 Å². The molecule has 0 bridgehead atoms. The molecule has 1 aromatic heterocycles. The van der Waals surface area contributed by atoms with E-state index in [0.29, 0.717) is 0 Å². The first-order valence-corrected chi connectivity index (χ1v) is 4.32. The van der Waals surface area contributed by atoms with E-state index < -0.39 is 5.82 Å². The molecule has 0 aliphatic heterocycles. The van der Waals surface area contributed by atoms with Gasteiger partial charge < -0.3 is 11.6 Å². The van der Waals surface area contributed by atoms with Crippen LogP contribution in [0.5, 0.6) is 0 Å². The fourth-order valence-electron chi connectivity index (χ4n) is 1.29. The number of rotatable bonds is 1. The summed E-state index contributed by atoms with van der Waals surface area (Å²) in [7, 11) is 0. The molecule has 15 heavy (non-hydrogen) atoms. The highest BCUT2D eigenvalue weighted by molar-refractivity contribution is 5.58. The van der Waals surface area contributed by atoms with Gasteiger partial charge in [-0.05, 0) is 24.6 Å².